The molecule has 4 heteroatoms. The number of Topliss-reactive ketones (excluding diaryl/α,β-unsaturated/α-hetero) is 1. The van der Waals surface area contributed by atoms with Gasteiger partial charge < -0.3 is 9.47 Å². The van der Waals surface area contributed by atoms with Crippen LogP contribution >= 0.6 is 11.6 Å². The molecular formula is C23H21ClO3. The molecule has 0 heterocycles. The third kappa shape index (κ3) is 4.69. The Bertz CT molecular complexity index is 905. The monoisotopic (exact) mass is 380 g/mol. The molecular weight excluding hydrogens is 360 g/mol. The van der Waals surface area contributed by atoms with Gasteiger partial charge in [-0.05, 0) is 61.4 Å². The zero-order valence-corrected chi connectivity index (χ0v) is 16.1. The maximum absolute atomic E-state index is 12.6. The summed E-state index contributed by atoms with van der Waals surface area (Å²) < 4.78 is 11.2. The molecule has 0 fully saturated rings. The Kier molecular flexibility index (Phi) is 6.15. The Morgan fingerprint density at radius 3 is 2.30 bits per heavy atom. The molecule has 0 aromatic heterocycles. The van der Waals surface area contributed by atoms with Crippen molar-refractivity contribution in [2.45, 2.75) is 20.0 Å². The van der Waals surface area contributed by atoms with Crippen LogP contribution in [0.1, 0.15) is 24.2 Å². The summed E-state index contributed by atoms with van der Waals surface area (Å²) in [5.74, 6) is 1.12. The lowest BCUT2D eigenvalue weighted by Crippen LogP contribution is -2.24. The summed E-state index contributed by atoms with van der Waals surface area (Å²) in [5, 5.41) is 0.475. The van der Waals surface area contributed by atoms with Crippen molar-refractivity contribution in [2.24, 2.45) is 0 Å². The average Bonchev–Trinajstić information content (AvgIpc) is 2.70. The van der Waals surface area contributed by atoms with Crippen LogP contribution in [-0.4, -0.2) is 18.5 Å². The lowest BCUT2D eigenvalue weighted by molar-refractivity contribution is 0.0818. The lowest BCUT2D eigenvalue weighted by Gasteiger charge is -2.16. The zero-order chi connectivity index (χ0) is 19.2. The van der Waals surface area contributed by atoms with E-state index >= 15 is 0 Å². The molecule has 0 unspecified atom stereocenters. The van der Waals surface area contributed by atoms with Crippen molar-refractivity contribution in [3.63, 3.8) is 0 Å². The molecule has 0 aliphatic heterocycles. The Labute approximate surface area is 164 Å². The summed E-state index contributed by atoms with van der Waals surface area (Å²) in [6, 6.07) is 22.6. The lowest BCUT2D eigenvalue weighted by atomic mass is 10.1. The third-order valence-electron chi connectivity index (χ3n) is 4.16. The summed E-state index contributed by atoms with van der Waals surface area (Å²) in [4.78, 5) is 12.6. The van der Waals surface area contributed by atoms with Crippen LogP contribution in [0.15, 0.2) is 72.8 Å². The van der Waals surface area contributed by atoms with Crippen molar-refractivity contribution in [1.29, 1.82) is 0 Å². The fourth-order valence-corrected chi connectivity index (χ4v) is 2.99. The van der Waals surface area contributed by atoms with E-state index in [1.54, 1.807) is 37.3 Å². The Morgan fingerprint density at radius 2 is 1.67 bits per heavy atom. The number of carbonyl (C=O) groups is 1. The highest BCUT2D eigenvalue weighted by Crippen LogP contribution is 2.31. The van der Waals surface area contributed by atoms with Gasteiger partial charge in [-0.25, -0.2) is 0 Å². The first-order chi connectivity index (χ1) is 13.1. The summed E-state index contributed by atoms with van der Waals surface area (Å²) in [5.41, 5.74) is 2.64. The number of ketones is 1. The third-order valence-corrected chi connectivity index (χ3v) is 4.46. The SMILES string of the molecule is CCOc1ccc(C(=O)[C@@H](C)Oc2ccc(-c3ccccc3)cc2Cl)cc1. The van der Waals surface area contributed by atoms with Gasteiger partial charge >= 0.3 is 0 Å². The van der Waals surface area contributed by atoms with E-state index in [0.717, 1.165) is 16.9 Å². The molecule has 0 bridgehead atoms. The molecule has 0 amide bonds. The maximum Gasteiger partial charge on any atom is 0.202 e. The van der Waals surface area contributed by atoms with Crippen LogP contribution in [0.5, 0.6) is 11.5 Å². The molecule has 3 rings (SSSR count). The number of rotatable bonds is 7. The second-order valence-electron chi connectivity index (χ2n) is 6.09. The van der Waals surface area contributed by atoms with E-state index in [1.807, 2.05) is 49.4 Å². The highest BCUT2D eigenvalue weighted by atomic mass is 35.5. The van der Waals surface area contributed by atoms with Gasteiger partial charge in [0.2, 0.25) is 5.78 Å². The minimum Gasteiger partial charge on any atom is -0.494 e. The van der Waals surface area contributed by atoms with Gasteiger partial charge in [0, 0.05) is 5.56 Å². The van der Waals surface area contributed by atoms with Gasteiger partial charge in [-0.1, -0.05) is 48.0 Å². The standard InChI is InChI=1S/C23H21ClO3/c1-3-26-20-12-9-18(10-13-20)23(25)16(2)27-22-14-11-19(15-21(22)24)17-7-5-4-6-8-17/h4-16H,3H2,1-2H3/t16-/m1/s1. The summed E-state index contributed by atoms with van der Waals surface area (Å²) in [6.45, 7) is 4.23. The second-order valence-corrected chi connectivity index (χ2v) is 6.50. The second kappa shape index (κ2) is 8.74. The Morgan fingerprint density at radius 1 is 0.963 bits per heavy atom. The van der Waals surface area contributed by atoms with E-state index in [9.17, 15) is 4.79 Å². The average molecular weight is 381 g/mol. The van der Waals surface area contributed by atoms with Crippen LogP contribution in [0.2, 0.25) is 5.02 Å². The van der Waals surface area contributed by atoms with Crippen LogP contribution in [0, 0.1) is 0 Å². The van der Waals surface area contributed by atoms with Gasteiger partial charge in [0.25, 0.3) is 0 Å². The van der Waals surface area contributed by atoms with Crippen LogP contribution < -0.4 is 9.47 Å². The van der Waals surface area contributed by atoms with E-state index in [2.05, 4.69) is 0 Å². The first-order valence-corrected chi connectivity index (χ1v) is 9.25. The number of hydrogen-bond acceptors (Lipinski definition) is 3. The van der Waals surface area contributed by atoms with Gasteiger partial charge in [0.1, 0.15) is 11.5 Å². The minimum atomic E-state index is -0.650. The summed E-state index contributed by atoms with van der Waals surface area (Å²) >= 11 is 6.38. The predicted molar refractivity (Wildman–Crippen MR) is 109 cm³/mol. The van der Waals surface area contributed by atoms with E-state index in [-0.39, 0.29) is 5.78 Å². The molecule has 0 spiro atoms. The molecule has 0 radical (unpaired) electrons. The number of benzene rings is 3. The fourth-order valence-electron chi connectivity index (χ4n) is 2.77. The van der Waals surface area contributed by atoms with E-state index in [0.29, 0.717) is 22.9 Å². The van der Waals surface area contributed by atoms with E-state index in [4.69, 9.17) is 21.1 Å². The molecule has 0 aliphatic carbocycles. The quantitative estimate of drug-likeness (QED) is 0.467. The maximum atomic E-state index is 12.6. The van der Waals surface area contributed by atoms with E-state index < -0.39 is 6.10 Å². The normalized spacial score (nSPS) is 11.7. The van der Waals surface area contributed by atoms with Gasteiger partial charge in [-0.15, -0.1) is 0 Å². The van der Waals surface area contributed by atoms with Crippen molar-refractivity contribution in [2.75, 3.05) is 6.61 Å². The van der Waals surface area contributed by atoms with Crippen molar-refractivity contribution in [1.82, 2.24) is 0 Å². The topological polar surface area (TPSA) is 35.5 Å². The summed E-state index contributed by atoms with van der Waals surface area (Å²) in [7, 11) is 0. The highest BCUT2D eigenvalue weighted by molar-refractivity contribution is 6.32. The number of ether oxygens (including phenoxy) is 2. The molecule has 0 saturated carbocycles. The van der Waals surface area contributed by atoms with Crippen molar-refractivity contribution in [3.05, 3.63) is 83.4 Å². The molecule has 138 valence electrons. The summed E-state index contributed by atoms with van der Waals surface area (Å²) in [6.07, 6.45) is -0.650. The van der Waals surface area contributed by atoms with Crippen LogP contribution in [-0.2, 0) is 0 Å². The first-order valence-electron chi connectivity index (χ1n) is 8.87. The minimum absolute atomic E-state index is 0.110. The van der Waals surface area contributed by atoms with Gasteiger partial charge in [-0.3, -0.25) is 4.79 Å². The highest BCUT2D eigenvalue weighted by Gasteiger charge is 2.18. The van der Waals surface area contributed by atoms with Crippen LogP contribution in [0.3, 0.4) is 0 Å². The predicted octanol–water partition coefficient (Wildman–Crippen LogP) is 6.06. The molecule has 1 atom stereocenters. The molecule has 3 aromatic rings. The fraction of sp³-hybridized carbons (Fsp3) is 0.174. The Hall–Kier alpha value is -2.78. The number of carbonyl (C=O) groups excluding carboxylic acids is 1. The van der Waals surface area contributed by atoms with Crippen molar-refractivity contribution >= 4 is 17.4 Å². The molecule has 3 aromatic carbocycles. The zero-order valence-electron chi connectivity index (χ0n) is 15.3. The first kappa shape index (κ1) is 19.0. The van der Waals surface area contributed by atoms with Crippen molar-refractivity contribution in [3.8, 4) is 22.6 Å². The van der Waals surface area contributed by atoms with Crippen LogP contribution in [0.4, 0.5) is 0 Å². The molecule has 3 nitrogen and oxygen atoms in total. The van der Waals surface area contributed by atoms with Gasteiger partial charge in [0.15, 0.2) is 6.10 Å². The number of hydrogen-bond donors (Lipinski definition) is 0. The molecule has 0 N–H and O–H groups in total. The van der Waals surface area contributed by atoms with E-state index in [1.165, 1.54) is 0 Å². The smallest absolute Gasteiger partial charge is 0.202 e. The molecule has 0 aliphatic rings. The number of halogens is 1. The Balaban J connectivity index is 1.71. The van der Waals surface area contributed by atoms with Gasteiger partial charge in [0.05, 0.1) is 11.6 Å². The van der Waals surface area contributed by atoms with Gasteiger partial charge in [-0.2, -0.15) is 0 Å². The molecule has 27 heavy (non-hydrogen) atoms. The van der Waals surface area contributed by atoms with Crippen molar-refractivity contribution < 1.29 is 14.3 Å². The molecule has 0 saturated heterocycles. The van der Waals surface area contributed by atoms with Crippen LogP contribution in [0.25, 0.3) is 11.1 Å². The largest absolute Gasteiger partial charge is 0.494 e.